The van der Waals surface area contributed by atoms with Crippen molar-refractivity contribution in [3.8, 4) is 0 Å². The van der Waals surface area contributed by atoms with Crippen LogP contribution >= 0.6 is 0 Å². The summed E-state index contributed by atoms with van der Waals surface area (Å²) in [6, 6.07) is 0. The fourth-order valence-corrected chi connectivity index (χ4v) is 3.50. The number of rotatable bonds is 4. The van der Waals surface area contributed by atoms with Crippen LogP contribution in [0.4, 0.5) is 26.3 Å². The molecule has 2 aliphatic rings. The van der Waals surface area contributed by atoms with Gasteiger partial charge in [0.2, 0.25) is 5.92 Å². The Morgan fingerprint density at radius 3 is 2.29 bits per heavy atom. The highest BCUT2D eigenvalue weighted by Gasteiger charge is 2.55. The molecule has 0 aromatic carbocycles. The van der Waals surface area contributed by atoms with Gasteiger partial charge < -0.3 is 5.73 Å². The maximum absolute atomic E-state index is 13.3. The lowest BCUT2D eigenvalue weighted by Gasteiger charge is -2.44. The zero-order valence-electron chi connectivity index (χ0n) is 12.6. The second kappa shape index (κ2) is 4.89. The van der Waals surface area contributed by atoms with Crippen molar-refractivity contribution in [1.29, 1.82) is 0 Å². The molecule has 0 radical (unpaired) electrons. The largest absolute Gasteiger partial charge is 0.420 e. The summed E-state index contributed by atoms with van der Waals surface area (Å²) in [5.74, 6) is -5.30. The molecule has 2 unspecified atom stereocenters. The Morgan fingerprint density at radius 2 is 1.92 bits per heavy atom. The van der Waals surface area contributed by atoms with Gasteiger partial charge in [-0.1, -0.05) is 6.92 Å². The van der Waals surface area contributed by atoms with E-state index in [1.165, 1.54) is 6.92 Å². The van der Waals surface area contributed by atoms with Crippen LogP contribution in [0.15, 0.2) is 0 Å². The third-order valence-electron chi connectivity index (χ3n) is 4.46. The number of alkyl halides is 6. The zero-order valence-corrected chi connectivity index (χ0v) is 12.6. The van der Waals surface area contributed by atoms with E-state index >= 15 is 0 Å². The Kier molecular flexibility index (Phi) is 3.48. The first kappa shape index (κ1) is 17.1. The normalized spacial score (nSPS) is 27.6. The van der Waals surface area contributed by atoms with Gasteiger partial charge in [-0.2, -0.15) is 18.3 Å². The molecule has 1 aromatic heterocycles. The van der Waals surface area contributed by atoms with Crippen LogP contribution in [0.2, 0.25) is 0 Å². The van der Waals surface area contributed by atoms with Gasteiger partial charge in [-0.15, -0.1) is 0 Å². The van der Waals surface area contributed by atoms with Gasteiger partial charge in [0.15, 0.2) is 0 Å². The fraction of sp³-hybridized carbons (Fsp3) is 0.714. The minimum atomic E-state index is -4.94. The second-order valence-electron chi connectivity index (χ2n) is 7.01. The van der Waals surface area contributed by atoms with Crippen molar-refractivity contribution in [3.05, 3.63) is 17.0 Å². The third-order valence-corrected chi connectivity index (χ3v) is 4.46. The standard InChI is InChI=1S/C14H15F6N3O/c1-12(3-13(16,17)4-12)5-23-10(11(21)24)8(14(18,19)20)9(22-23)6-2-7(6)15/h6-7H,2-5H2,1H3,(H2,21,24). The summed E-state index contributed by atoms with van der Waals surface area (Å²) in [5.41, 5.74) is 1.25. The van der Waals surface area contributed by atoms with Gasteiger partial charge in [-0.3, -0.25) is 9.48 Å². The molecule has 0 aliphatic heterocycles. The van der Waals surface area contributed by atoms with E-state index < -0.39 is 65.3 Å². The van der Waals surface area contributed by atoms with E-state index in [0.29, 0.717) is 0 Å². The molecule has 2 saturated carbocycles. The molecule has 24 heavy (non-hydrogen) atoms. The molecule has 1 amide bonds. The Hall–Kier alpha value is -1.74. The summed E-state index contributed by atoms with van der Waals surface area (Å²) in [6.45, 7) is 1.16. The summed E-state index contributed by atoms with van der Waals surface area (Å²) in [5, 5.41) is 3.74. The molecule has 1 aromatic rings. The van der Waals surface area contributed by atoms with Crippen molar-refractivity contribution < 1.29 is 31.1 Å². The lowest BCUT2D eigenvalue weighted by molar-refractivity contribution is -0.160. The van der Waals surface area contributed by atoms with Crippen LogP contribution in [-0.4, -0.2) is 27.8 Å². The van der Waals surface area contributed by atoms with Crippen molar-refractivity contribution in [2.45, 2.75) is 56.9 Å². The average Bonchev–Trinajstić information content (AvgIpc) is 2.93. The van der Waals surface area contributed by atoms with Gasteiger partial charge in [0.25, 0.3) is 5.91 Å². The second-order valence-corrected chi connectivity index (χ2v) is 7.01. The van der Waals surface area contributed by atoms with E-state index in [0.717, 1.165) is 4.68 Å². The quantitative estimate of drug-likeness (QED) is 0.843. The molecular formula is C14H15F6N3O. The van der Waals surface area contributed by atoms with E-state index in [4.69, 9.17) is 5.73 Å². The summed E-state index contributed by atoms with van der Waals surface area (Å²) >= 11 is 0. The van der Waals surface area contributed by atoms with Crippen molar-refractivity contribution in [3.63, 3.8) is 0 Å². The number of amides is 1. The lowest BCUT2D eigenvalue weighted by atomic mass is 9.67. The molecule has 0 spiro atoms. The van der Waals surface area contributed by atoms with Gasteiger partial charge >= 0.3 is 6.18 Å². The first-order valence-electron chi connectivity index (χ1n) is 7.33. The highest BCUT2D eigenvalue weighted by atomic mass is 19.4. The molecule has 2 fully saturated rings. The molecule has 10 heteroatoms. The Bertz CT molecular complexity index is 687. The van der Waals surface area contributed by atoms with Gasteiger partial charge in [0, 0.05) is 25.3 Å². The highest BCUT2D eigenvalue weighted by molar-refractivity contribution is 5.93. The van der Waals surface area contributed by atoms with Crippen molar-refractivity contribution in [2.24, 2.45) is 11.1 Å². The summed E-state index contributed by atoms with van der Waals surface area (Å²) in [4.78, 5) is 11.6. The third kappa shape index (κ3) is 2.86. The maximum atomic E-state index is 13.3. The predicted molar refractivity (Wildman–Crippen MR) is 70.3 cm³/mol. The van der Waals surface area contributed by atoms with Gasteiger partial charge in [0.05, 0.1) is 5.69 Å². The van der Waals surface area contributed by atoms with Crippen molar-refractivity contribution >= 4 is 5.91 Å². The predicted octanol–water partition coefficient (Wildman–Crippen LogP) is 3.26. The molecule has 1 heterocycles. The minimum absolute atomic E-state index is 0.117. The van der Waals surface area contributed by atoms with Crippen LogP contribution in [0.5, 0.6) is 0 Å². The first-order chi connectivity index (χ1) is 10.8. The number of aromatic nitrogens is 2. The Balaban J connectivity index is 2.03. The SMILES string of the molecule is CC1(Cn2nc(C3CC3F)c(C(F)(F)F)c2C(N)=O)CC(F)(F)C1. The number of carbonyl (C=O) groups is 1. The van der Waals surface area contributed by atoms with Crippen molar-refractivity contribution in [2.75, 3.05) is 0 Å². The van der Waals surface area contributed by atoms with Crippen LogP contribution in [0.1, 0.15) is 53.8 Å². The summed E-state index contributed by atoms with van der Waals surface area (Å²) in [7, 11) is 0. The number of hydrogen-bond donors (Lipinski definition) is 1. The van der Waals surface area contributed by atoms with Crippen LogP contribution in [0, 0.1) is 5.41 Å². The molecule has 2 N–H and O–H groups in total. The number of primary amides is 1. The van der Waals surface area contributed by atoms with E-state index in [-0.39, 0.29) is 13.0 Å². The zero-order chi connectivity index (χ0) is 18.1. The molecule has 134 valence electrons. The summed E-state index contributed by atoms with van der Waals surface area (Å²) < 4.78 is 80.2. The molecule has 3 rings (SSSR count). The molecule has 4 nitrogen and oxygen atoms in total. The van der Waals surface area contributed by atoms with Crippen LogP contribution in [0.3, 0.4) is 0 Å². The van der Waals surface area contributed by atoms with E-state index in [1.807, 2.05) is 0 Å². The number of nitrogens with two attached hydrogens (primary N) is 1. The van der Waals surface area contributed by atoms with Crippen LogP contribution in [0.25, 0.3) is 0 Å². The molecule has 2 aliphatic carbocycles. The lowest BCUT2D eigenvalue weighted by Crippen LogP contribution is -2.47. The van der Waals surface area contributed by atoms with Gasteiger partial charge in [-0.25, -0.2) is 13.2 Å². The number of carbonyl (C=O) groups excluding carboxylic acids is 1. The van der Waals surface area contributed by atoms with Crippen LogP contribution < -0.4 is 5.73 Å². The first-order valence-corrected chi connectivity index (χ1v) is 7.33. The average molecular weight is 355 g/mol. The molecule has 0 saturated heterocycles. The topological polar surface area (TPSA) is 60.9 Å². The molecule has 0 bridgehead atoms. The van der Waals surface area contributed by atoms with E-state index in [1.54, 1.807) is 0 Å². The monoisotopic (exact) mass is 355 g/mol. The molecule has 2 atom stereocenters. The van der Waals surface area contributed by atoms with E-state index in [9.17, 15) is 31.1 Å². The number of hydrogen-bond acceptors (Lipinski definition) is 2. The number of halogens is 6. The van der Waals surface area contributed by atoms with Gasteiger partial charge in [0.1, 0.15) is 17.4 Å². The van der Waals surface area contributed by atoms with Crippen molar-refractivity contribution in [1.82, 2.24) is 9.78 Å². The summed E-state index contributed by atoms with van der Waals surface area (Å²) in [6.07, 6.45) is -7.56. The Morgan fingerprint density at radius 1 is 1.38 bits per heavy atom. The smallest absolute Gasteiger partial charge is 0.364 e. The maximum Gasteiger partial charge on any atom is 0.420 e. The fourth-order valence-electron chi connectivity index (χ4n) is 3.50. The highest BCUT2D eigenvalue weighted by Crippen LogP contribution is 2.53. The Labute approximate surface area is 133 Å². The number of nitrogens with zero attached hydrogens (tertiary/aromatic N) is 2. The molecular weight excluding hydrogens is 340 g/mol. The van der Waals surface area contributed by atoms with Gasteiger partial charge in [-0.05, 0) is 11.8 Å². The minimum Gasteiger partial charge on any atom is -0.364 e. The van der Waals surface area contributed by atoms with Crippen LogP contribution in [-0.2, 0) is 12.7 Å². The van der Waals surface area contributed by atoms with E-state index in [2.05, 4.69) is 5.10 Å².